The Morgan fingerprint density at radius 1 is 1.14 bits per heavy atom. The highest BCUT2D eigenvalue weighted by atomic mass is 16.2. The molecule has 0 spiro atoms. The molecular weight excluding hydrogens is 356 g/mol. The van der Waals surface area contributed by atoms with Gasteiger partial charge in [-0.25, -0.2) is 4.98 Å². The standard InChI is InChI=1S/C21H26N4O3/c26-19(11-13-25-20(27)14-6-1-2-7-15(14)21(25)28)22-12-5-10-18-23-16-8-3-4-9-17(16)24-18/h3-4,8-9,14-15H,1-2,5-7,10-13H2,(H,22,26)(H,23,24)/t14-,15-/m0/s1. The van der Waals surface area contributed by atoms with Crippen molar-refractivity contribution in [3.8, 4) is 0 Å². The molecule has 7 heteroatoms. The van der Waals surface area contributed by atoms with E-state index in [1.807, 2.05) is 24.3 Å². The molecule has 1 aromatic heterocycles. The number of rotatable bonds is 7. The summed E-state index contributed by atoms with van der Waals surface area (Å²) >= 11 is 0. The van der Waals surface area contributed by atoms with Crippen molar-refractivity contribution in [2.24, 2.45) is 11.8 Å². The molecule has 1 saturated heterocycles. The molecule has 2 heterocycles. The fraction of sp³-hybridized carbons (Fsp3) is 0.524. The monoisotopic (exact) mass is 382 g/mol. The van der Waals surface area contributed by atoms with E-state index in [4.69, 9.17) is 0 Å². The lowest BCUT2D eigenvalue weighted by atomic mass is 9.81. The minimum atomic E-state index is -0.145. The average molecular weight is 382 g/mol. The summed E-state index contributed by atoms with van der Waals surface area (Å²) in [4.78, 5) is 46.0. The second-order valence-corrected chi connectivity index (χ2v) is 7.73. The van der Waals surface area contributed by atoms with E-state index in [0.717, 1.165) is 55.4 Å². The van der Waals surface area contributed by atoms with Crippen LogP contribution in [0.15, 0.2) is 24.3 Å². The number of hydrogen-bond acceptors (Lipinski definition) is 4. The van der Waals surface area contributed by atoms with Crippen molar-refractivity contribution in [3.63, 3.8) is 0 Å². The van der Waals surface area contributed by atoms with Crippen LogP contribution in [0.5, 0.6) is 0 Å². The number of carbonyl (C=O) groups excluding carboxylic acids is 3. The molecule has 3 amide bonds. The van der Waals surface area contributed by atoms with E-state index >= 15 is 0 Å². The van der Waals surface area contributed by atoms with Gasteiger partial charge in [0.25, 0.3) is 0 Å². The third-order valence-corrected chi connectivity index (χ3v) is 5.85. The Hall–Kier alpha value is -2.70. The molecule has 2 fully saturated rings. The maximum Gasteiger partial charge on any atom is 0.233 e. The third-order valence-electron chi connectivity index (χ3n) is 5.85. The lowest BCUT2D eigenvalue weighted by molar-refractivity contribution is -0.140. The number of fused-ring (bicyclic) bond motifs is 2. The summed E-state index contributed by atoms with van der Waals surface area (Å²) < 4.78 is 0. The minimum absolute atomic E-state index is 0.0765. The normalized spacial score (nSPS) is 21.9. The van der Waals surface area contributed by atoms with Crippen LogP contribution >= 0.6 is 0 Å². The highest BCUT2D eigenvalue weighted by Gasteiger charge is 2.47. The Morgan fingerprint density at radius 2 is 1.86 bits per heavy atom. The van der Waals surface area contributed by atoms with Crippen LogP contribution in [0.3, 0.4) is 0 Å². The number of aryl methyl sites for hydroxylation is 1. The zero-order chi connectivity index (χ0) is 19.5. The molecule has 1 saturated carbocycles. The van der Waals surface area contributed by atoms with Gasteiger partial charge in [0, 0.05) is 25.9 Å². The van der Waals surface area contributed by atoms with Gasteiger partial charge >= 0.3 is 0 Å². The van der Waals surface area contributed by atoms with Crippen molar-refractivity contribution in [3.05, 3.63) is 30.1 Å². The Labute approximate surface area is 163 Å². The second-order valence-electron chi connectivity index (χ2n) is 7.73. The molecule has 0 unspecified atom stereocenters. The molecule has 4 rings (SSSR count). The molecule has 0 radical (unpaired) electrons. The van der Waals surface area contributed by atoms with Crippen LogP contribution in [-0.4, -0.2) is 45.7 Å². The first kappa shape index (κ1) is 18.7. The SMILES string of the molecule is O=C(CCN1C(=O)[C@H]2CCCC[C@@H]2C1=O)NCCCc1nc2ccccc2[nH]1. The first-order chi connectivity index (χ1) is 13.6. The number of H-pyrrole nitrogens is 1. The zero-order valence-electron chi connectivity index (χ0n) is 15.9. The van der Waals surface area contributed by atoms with Gasteiger partial charge in [-0.1, -0.05) is 25.0 Å². The van der Waals surface area contributed by atoms with E-state index in [9.17, 15) is 14.4 Å². The van der Waals surface area contributed by atoms with Crippen molar-refractivity contribution in [2.45, 2.75) is 44.9 Å². The van der Waals surface area contributed by atoms with Gasteiger partial charge in [0.05, 0.1) is 22.9 Å². The van der Waals surface area contributed by atoms with Gasteiger partial charge in [-0.3, -0.25) is 19.3 Å². The van der Waals surface area contributed by atoms with Crippen molar-refractivity contribution >= 4 is 28.8 Å². The Bertz CT molecular complexity index is 834. The van der Waals surface area contributed by atoms with Gasteiger partial charge in [-0.2, -0.15) is 0 Å². The predicted molar refractivity (Wildman–Crippen MR) is 104 cm³/mol. The van der Waals surface area contributed by atoms with Crippen LogP contribution in [-0.2, 0) is 20.8 Å². The quantitative estimate of drug-likeness (QED) is 0.567. The van der Waals surface area contributed by atoms with Gasteiger partial charge in [0.1, 0.15) is 5.82 Å². The number of aromatic amines is 1. The largest absolute Gasteiger partial charge is 0.356 e. The van der Waals surface area contributed by atoms with E-state index < -0.39 is 0 Å². The predicted octanol–water partition coefficient (Wildman–Crippen LogP) is 2.18. The summed E-state index contributed by atoms with van der Waals surface area (Å²) in [6.07, 6.45) is 5.33. The topological polar surface area (TPSA) is 95.2 Å². The highest BCUT2D eigenvalue weighted by Crippen LogP contribution is 2.37. The highest BCUT2D eigenvalue weighted by molar-refractivity contribution is 6.05. The number of amides is 3. The fourth-order valence-electron chi connectivity index (χ4n) is 4.36. The van der Waals surface area contributed by atoms with Crippen molar-refractivity contribution in [1.82, 2.24) is 20.2 Å². The summed E-state index contributed by atoms with van der Waals surface area (Å²) in [5.41, 5.74) is 1.96. The maximum atomic E-state index is 12.4. The van der Waals surface area contributed by atoms with Crippen molar-refractivity contribution in [2.75, 3.05) is 13.1 Å². The number of nitrogens with one attached hydrogen (secondary N) is 2. The molecule has 1 aromatic carbocycles. The molecule has 2 aliphatic rings. The van der Waals surface area contributed by atoms with Gasteiger partial charge < -0.3 is 10.3 Å². The van der Waals surface area contributed by atoms with Crippen molar-refractivity contribution in [1.29, 1.82) is 0 Å². The molecule has 2 aromatic rings. The van der Waals surface area contributed by atoms with Crippen LogP contribution in [0, 0.1) is 11.8 Å². The summed E-state index contributed by atoms with van der Waals surface area (Å²) in [6, 6.07) is 7.88. The van der Waals surface area contributed by atoms with Crippen LogP contribution in [0.2, 0.25) is 0 Å². The molecule has 0 bridgehead atoms. The van der Waals surface area contributed by atoms with Gasteiger partial charge in [0.2, 0.25) is 17.7 Å². The number of nitrogens with zero attached hydrogens (tertiary/aromatic N) is 2. The summed E-state index contributed by atoms with van der Waals surface area (Å²) in [5, 5.41) is 2.87. The van der Waals surface area contributed by atoms with Crippen LogP contribution in [0.25, 0.3) is 11.0 Å². The van der Waals surface area contributed by atoms with E-state index in [1.165, 1.54) is 4.90 Å². The van der Waals surface area contributed by atoms with E-state index in [0.29, 0.717) is 6.54 Å². The average Bonchev–Trinajstić information content (AvgIpc) is 3.23. The molecule has 2 atom stereocenters. The Kier molecular flexibility index (Phi) is 5.41. The lowest BCUT2D eigenvalue weighted by Gasteiger charge is -2.19. The Morgan fingerprint density at radius 3 is 2.57 bits per heavy atom. The van der Waals surface area contributed by atoms with E-state index in [-0.39, 0.29) is 42.5 Å². The number of imidazole rings is 1. The van der Waals surface area contributed by atoms with Crippen LogP contribution in [0.1, 0.15) is 44.3 Å². The van der Waals surface area contributed by atoms with Crippen LogP contribution < -0.4 is 5.32 Å². The van der Waals surface area contributed by atoms with E-state index in [2.05, 4.69) is 15.3 Å². The lowest BCUT2D eigenvalue weighted by Crippen LogP contribution is -2.35. The molecule has 2 N–H and O–H groups in total. The molecule has 1 aliphatic heterocycles. The molecule has 7 nitrogen and oxygen atoms in total. The fourth-order valence-corrected chi connectivity index (χ4v) is 4.36. The minimum Gasteiger partial charge on any atom is -0.356 e. The van der Waals surface area contributed by atoms with Crippen molar-refractivity contribution < 1.29 is 14.4 Å². The number of benzene rings is 1. The number of hydrogen-bond donors (Lipinski definition) is 2. The smallest absolute Gasteiger partial charge is 0.233 e. The summed E-state index contributed by atoms with van der Waals surface area (Å²) in [6.45, 7) is 0.739. The summed E-state index contributed by atoms with van der Waals surface area (Å²) in [5.74, 6) is 0.340. The van der Waals surface area contributed by atoms with Gasteiger partial charge in [0.15, 0.2) is 0 Å². The molecule has 28 heavy (non-hydrogen) atoms. The number of likely N-dealkylation sites (tertiary alicyclic amines) is 1. The summed E-state index contributed by atoms with van der Waals surface area (Å²) in [7, 11) is 0. The number of carbonyl (C=O) groups is 3. The molecule has 1 aliphatic carbocycles. The first-order valence-electron chi connectivity index (χ1n) is 10.2. The van der Waals surface area contributed by atoms with Gasteiger partial charge in [-0.05, 0) is 31.4 Å². The Balaban J connectivity index is 1.18. The third kappa shape index (κ3) is 3.79. The molecule has 148 valence electrons. The van der Waals surface area contributed by atoms with Crippen LogP contribution in [0.4, 0.5) is 0 Å². The number of imide groups is 1. The maximum absolute atomic E-state index is 12.4. The first-order valence-corrected chi connectivity index (χ1v) is 10.2. The second kappa shape index (κ2) is 8.12. The number of aromatic nitrogens is 2. The molecular formula is C21H26N4O3. The number of para-hydroxylation sites is 2. The van der Waals surface area contributed by atoms with E-state index in [1.54, 1.807) is 0 Å². The van der Waals surface area contributed by atoms with Gasteiger partial charge in [-0.15, -0.1) is 0 Å². The zero-order valence-corrected chi connectivity index (χ0v) is 15.9.